The first-order valence-corrected chi connectivity index (χ1v) is 9.73. The second kappa shape index (κ2) is 8.33. The van der Waals surface area contributed by atoms with Gasteiger partial charge in [-0.2, -0.15) is 8.42 Å². The minimum Gasteiger partial charge on any atom is -0.484 e. The van der Waals surface area contributed by atoms with Gasteiger partial charge in [-0.15, -0.1) is 0 Å². The van der Waals surface area contributed by atoms with Gasteiger partial charge in [0, 0.05) is 12.7 Å². The van der Waals surface area contributed by atoms with Crippen LogP contribution in [0, 0.1) is 0 Å². The molecule has 0 saturated carbocycles. The third-order valence-corrected chi connectivity index (χ3v) is 5.15. The van der Waals surface area contributed by atoms with E-state index in [0.29, 0.717) is 17.4 Å². The molecule has 26 heavy (non-hydrogen) atoms. The zero-order valence-corrected chi connectivity index (χ0v) is 15.9. The third-order valence-electron chi connectivity index (χ3n) is 4.30. The normalized spacial score (nSPS) is 12.5. The molecule has 0 fully saturated rings. The van der Waals surface area contributed by atoms with Crippen molar-refractivity contribution in [2.75, 3.05) is 18.6 Å². The maximum absolute atomic E-state index is 12.3. The molecule has 2 rings (SSSR count). The van der Waals surface area contributed by atoms with Gasteiger partial charge < -0.3 is 9.64 Å². The standard InChI is InChI=1S/C19H23NO5S/c1-4-14(2)15-8-10-17(11-9-15)25-13-19(21)20(3)16-6-5-7-18(12-16)26(22,23)24/h5-12,14H,4,13H2,1-3H3,(H,22,23,24). The second-order valence-corrected chi connectivity index (χ2v) is 7.51. The first-order valence-electron chi connectivity index (χ1n) is 8.29. The molecule has 7 heteroatoms. The SMILES string of the molecule is CCC(C)c1ccc(OCC(=O)N(C)c2cccc(S(=O)(=O)O)c2)cc1. The number of amides is 1. The van der Waals surface area contributed by atoms with E-state index in [4.69, 9.17) is 9.29 Å². The van der Waals surface area contributed by atoms with Crippen LogP contribution in [0.4, 0.5) is 5.69 Å². The minimum atomic E-state index is -4.32. The molecule has 1 unspecified atom stereocenters. The van der Waals surface area contributed by atoms with Crippen molar-refractivity contribution >= 4 is 21.7 Å². The summed E-state index contributed by atoms with van der Waals surface area (Å²) in [6.07, 6.45) is 1.05. The van der Waals surface area contributed by atoms with Gasteiger partial charge >= 0.3 is 0 Å². The molecule has 0 saturated heterocycles. The van der Waals surface area contributed by atoms with Gasteiger partial charge in [-0.05, 0) is 48.2 Å². The summed E-state index contributed by atoms with van der Waals surface area (Å²) in [6.45, 7) is 4.09. The van der Waals surface area contributed by atoms with E-state index >= 15 is 0 Å². The van der Waals surface area contributed by atoms with E-state index in [1.807, 2.05) is 24.3 Å². The summed E-state index contributed by atoms with van der Waals surface area (Å²) in [4.78, 5) is 13.3. The van der Waals surface area contributed by atoms with E-state index in [-0.39, 0.29) is 17.4 Å². The molecular formula is C19H23NO5S. The van der Waals surface area contributed by atoms with Gasteiger partial charge in [0.1, 0.15) is 5.75 Å². The third kappa shape index (κ3) is 5.06. The van der Waals surface area contributed by atoms with E-state index in [0.717, 1.165) is 6.42 Å². The molecule has 6 nitrogen and oxygen atoms in total. The average molecular weight is 377 g/mol. The molecule has 0 heterocycles. The van der Waals surface area contributed by atoms with Gasteiger partial charge in [0.25, 0.3) is 16.0 Å². The summed E-state index contributed by atoms with van der Waals surface area (Å²) >= 11 is 0. The molecule has 0 aliphatic heterocycles. The molecule has 1 N–H and O–H groups in total. The van der Waals surface area contributed by atoms with Crippen molar-refractivity contribution in [3.63, 3.8) is 0 Å². The fourth-order valence-electron chi connectivity index (χ4n) is 2.37. The highest BCUT2D eigenvalue weighted by Gasteiger charge is 2.15. The van der Waals surface area contributed by atoms with Crippen LogP contribution >= 0.6 is 0 Å². The van der Waals surface area contributed by atoms with E-state index in [1.165, 1.54) is 35.7 Å². The van der Waals surface area contributed by atoms with E-state index in [2.05, 4.69) is 13.8 Å². The van der Waals surface area contributed by atoms with Crippen molar-refractivity contribution in [1.29, 1.82) is 0 Å². The highest BCUT2D eigenvalue weighted by molar-refractivity contribution is 7.85. The molecule has 0 aromatic heterocycles. The van der Waals surface area contributed by atoms with Crippen LogP contribution in [0.15, 0.2) is 53.4 Å². The number of anilines is 1. The minimum absolute atomic E-state index is 0.185. The Bertz CT molecular complexity index is 862. The molecule has 0 radical (unpaired) electrons. The topological polar surface area (TPSA) is 83.9 Å². The summed E-state index contributed by atoms with van der Waals surface area (Å²) in [5.74, 6) is 0.709. The quantitative estimate of drug-likeness (QED) is 0.747. The van der Waals surface area contributed by atoms with Gasteiger partial charge in [-0.25, -0.2) is 0 Å². The smallest absolute Gasteiger partial charge is 0.294 e. The van der Waals surface area contributed by atoms with E-state index in [9.17, 15) is 13.2 Å². The van der Waals surface area contributed by atoms with Crippen molar-refractivity contribution in [1.82, 2.24) is 0 Å². The average Bonchev–Trinajstić information content (AvgIpc) is 2.64. The summed E-state index contributed by atoms with van der Waals surface area (Å²) < 4.78 is 37.1. The number of likely N-dealkylation sites (N-methyl/N-ethyl adjacent to an activating group) is 1. The lowest BCUT2D eigenvalue weighted by Crippen LogP contribution is -2.31. The van der Waals surface area contributed by atoms with Crippen molar-refractivity contribution in [2.45, 2.75) is 31.1 Å². The van der Waals surface area contributed by atoms with E-state index in [1.54, 1.807) is 6.07 Å². The largest absolute Gasteiger partial charge is 0.484 e. The number of carbonyl (C=O) groups is 1. The predicted molar refractivity (Wildman–Crippen MR) is 100 cm³/mol. The van der Waals surface area contributed by atoms with Crippen molar-refractivity contribution in [3.05, 3.63) is 54.1 Å². The molecule has 2 aromatic rings. The van der Waals surface area contributed by atoms with Crippen LogP contribution in [-0.2, 0) is 14.9 Å². The maximum atomic E-state index is 12.3. The first-order chi connectivity index (χ1) is 12.2. The van der Waals surface area contributed by atoms with Gasteiger partial charge in [0.05, 0.1) is 4.90 Å². The van der Waals surface area contributed by atoms with Gasteiger partial charge in [-0.1, -0.05) is 32.0 Å². The fourth-order valence-corrected chi connectivity index (χ4v) is 2.89. The number of hydrogen-bond acceptors (Lipinski definition) is 4. The summed E-state index contributed by atoms with van der Waals surface area (Å²) in [5.41, 5.74) is 1.56. The Balaban J connectivity index is 2.01. The van der Waals surface area contributed by atoms with E-state index < -0.39 is 10.1 Å². The van der Waals surface area contributed by atoms with Crippen LogP contribution in [0.25, 0.3) is 0 Å². The molecule has 0 aliphatic rings. The van der Waals surface area contributed by atoms with Crippen LogP contribution < -0.4 is 9.64 Å². The van der Waals surface area contributed by atoms with Crippen LogP contribution in [0.5, 0.6) is 5.75 Å². The number of benzene rings is 2. The number of rotatable bonds is 7. The monoisotopic (exact) mass is 377 g/mol. The Morgan fingerprint density at radius 3 is 2.42 bits per heavy atom. The highest BCUT2D eigenvalue weighted by Crippen LogP contribution is 2.22. The van der Waals surface area contributed by atoms with Gasteiger partial charge in [0.2, 0.25) is 0 Å². The molecule has 2 aromatic carbocycles. The number of ether oxygens (including phenoxy) is 1. The molecule has 0 spiro atoms. The Kier molecular flexibility index (Phi) is 6.39. The molecular weight excluding hydrogens is 354 g/mol. The molecule has 140 valence electrons. The summed E-state index contributed by atoms with van der Waals surface area (Å²) in [6, 6.07) is 13.1. The van der Waals surface area contributed by atoms with Crippen LogP contribution in [-0.4, -0.2) is 32.5 Å². The molecule has 1 amide bonds. The van der Waals surface area contributed by atoms with Gasteiger partial charge in [0.15, 0.2) is 6.61 Å². The van der Waals surface area contributed by atoms with Crippen molar-refractivity contribution in [3.8, 4) is 5.75 Å². The number of carbonyl (C=O) groups excluding carboxylic acids is 1. The fraction of sp³-hybridized carbons (Fsp3) is 0.316. The summed E-state index contributed by atoms with van der Waals surface area (Å²) in [7, 11) is -2.81. The van der Waals surface area contributed by atoms with Crippen LogP contribution in [0.2, 0.25) is 0 Å². The molecule has 1 atom stereocenters. The Morgan fingerprint density at radius 2 is 1.85 bits per heavy atom. The lowest BCUT2D eigenvalue weighted by molar-refractivity contribution is -0.120. The zero-order valence-electron chi connectivity index (χ0n) is 15.0. The Hall–Kier alpha value is -2.38. The Morgan fingerprint density at radius 1 is 1.19 bits per heavy atom. The maximum Gasteiger partial charge on any atom is 0.294 e. The molecule has 0 aliphatic carbocycles. The first kappa shape index (κ1) is 19.9. The van der Waals surface area contributed by atoms with Crippen LogP contribution in [0.3, 0.4) is 0 Å². The van der Waals surface area contributed by atoms with Gasteiger partial charge in [-0.3, -0.25) is 9.35 Å². The number of hydrogen-bond donors (Lipinski definition) is 1. The number of nitrogens with zero attached hydrogens (tertiary/aromatic N) is 1. The Labute approximate surface area is 154 Å². The lowest BCUT2D eigenvalue weighted by Gasteiger charge is -2.18. The van der Waals surface area contributed by atoms with Crippen molar-refractivity contribution in [2.24, 2.45) is 0 Å². The summed E-state index contributed by atoms with van der Waals surface area (Å²) in [5, 5.41) is 0. The van der Waals surface area contributed by atoms with Crippen molar-refractivity contribution < 1.29 is 22.5 Å². The van der Waals surface area contributed by atoms with Crippen LogP contribution in [0.1, 0.15) is 31.7 Å². The second-order valence-electron chi connectivity index (χ2n) is 6.09. The molecule has 0 bridgehead atoms. The zero-order chi connectivity index (χ0) is 19.3. The predicted octanol–water partition coefficient (Wildman–Crippen LogP) is 3.49. The highest BCUT2D eigenvalue weighted by atomic mass is 32.2. The lowest BCUT2D eigenvalue weighted by atomic mass is 9.99.